The summed E-state index contributed by atoms with van der Waals surface area (Å²) in [7, 11) is 4.53. The molecule has 0 aliphatic rings. The van der Waals surface area contributed by atoms with Gasteiger partial charge in [0.2, 0.25) is 5.91 Å². The Labute approximate surface area is 381 Å². The number of aliphatic carboxylic acids is 2. The largest absolute Gasteiger partial charge is 0.506 e. The summed E-state index contributed by atoms with van der Waals surface area (Å²) in [6, 6.07) is 36.9. The second-order valence-corrected chi connectivity index (χ2v) is 15.1. The van der Waals surface area contributed by atoms with Gasteiger partial charge in [-0.05, 0) is 53.1 Å². The number of nitrogens with one attached hydrogen (secondary N) is 3. The molecule has 0 radical (unpaired) electrons. The lowest BCUT2D eigenvalue weighted by molar-refractivity contribution is -0.136. The van der Waals surface area contributed by atoms with E-state index in [1.807, 2.05) is 91.0 Å². The van der Waals surface area contributed by atoms with Crippen molar-refractivity contribution in [3.63, 3.8) is 0 Å². The number of carboxylic acids is 2. The smallest absolute Gasteiger partial charge is 0.322 e. The monoisotopic (exact) mass is 908 g/mol. The summed E-state index contributed by atoms with van der Waals surface area (Å²) in [5, 5.41) is 46.1. The first kappa shape index (κ1) is 47.4. The Morgan fingerprint density at radius 1 is 0.597 bits per heavy atom. The number of anilines is 1. The molecule has 5 aromatic carbocycles. The van der Waals surface area contributed by atoms with E-state index < -0.39 is 76.6 Å². The van der Waals surface area contributed by atoms with Crippen molar-refractivity contribution in [2.24, 2.45) is 14.1 Å². The number of carbonyl (C=O) groups excluding carboxylic acids is 4. The number of rotatable bonds is 13. The Bertz CT molecular complexity index is 3130. The number of nitrogens with zero attached hydrogens (tertiary/aromatic N) is 3. The number of pyridine rings is 2. The number of aryl methyl sites for hydroxylation is 2. The average molecular weight is 909 g/mol. The zero-order valence-electron chi connectivity index (χ0n) is 36.2. The molecule has 342 valence electrons. The first-order valence-corrected chi connectivity index (χ1v) is 20.4. The summed E-state index contributed by atoms with van der Waals surface area (Å²) in [4.78, 5) is 99.0. The number of aromatic hydroxyl groups is 2. The van der Waals surface area contributed by atoms with Gasteiger partial charge >= 0.3 is 11.9 Å². The van der Waals surface area contributed by atoms with Gasteiger partial charge < -0.3 is 50.4 Å². The van der Waals surface area contributed by atoms with E-state index in [1.165, 1.54) is 47.5 Å². The highest BCUT2D eigenvalue weighted by Crippen LogP contribution is 2.32. The molecule has 2 heterocycles. The number of benzene rings is 5. The van der Waals surface area contributed by atoms with Gasteiger partial charge in [-0.25, -0.2) is 0 Å². The predicted molar refractivity (Wildman–Crippen MR) is 247 cm³/mol. The third kappa shape index (κ3) is 10.7. The van der Waals surface area contributed by atoms with Gasteiger partial charge in [0.15, 0.2) is 0 Å². The van der Waals surface area contributed by atoms with Crippen molar-refractivity contribution >= 4 is 63.1 Å². The highest BCUT2D eigenvalue weighted by atomic mass is 16.4. The molecule has 67 heavy (non-hydrogen) atoms. The molecule has 0 unspecified atom stereocenters. The van der Waals surface area contributed by atoms with E-state index >= 15 is 0 Å². The lowest BCUT2D eigenvalue weighted by Gasteiger charge is -2.29. The molecule has 0 saturated heterocycles. The molecule has 7 N–H and O–H groups in total. The van der Waals surface area contributed by atoms with E-state index in [-0.39, 0.29) is 34.6 Å². The molecular weight excluding hydrogens is 865 g/mol. The summed E-state index contributed by atoms with van der Waals surface area (Å²) < 4.78 is 2.33. The topological polar surface area (TPSA) is 267 Å². The van der Waals surface area contributed by atoms with Crippen LogP contribution in [0.2, 0.25) is 0 Å². The second-order valence-electron chi connectivity index (χ2n) is 15.1. The Hall–Kier alpha value is -9.06. The SMILES string of the molecule is CN(C(=O)c1ccc2c(c1)c(O)c(C(=O)NCC(=O)O)c(=O)n2C)C(c1ccccc1)c1ccccc1.Cn1c(=O)c(C(=O)NCC(=O)O)c(O)c2cc(NC(=O)Cc3ccccc3)ccc21. The summed E-state index contributed by atoms with van der Waals surface area (Å²) in [5.41, 5.74) is 1.17. The maximum absolute atomic E-state index is 13.7. The van der Waals surface area contributed by atoms with E-state index in [1.54, 1.807) is 24.1 Å². The van der Waals surface area contributed by atoms with Crippen LogP contribution in [-0.2, 0) is 34.9 Å². The summed E-state index contributed by atoms with van der Waals surface area (Å²) in [6.07, 6.45) is 0.154. The molecule has 4 amide bonds. The number of hydrogen-bond donors (Lipinski definition) is 7. The van der Waals surface area contributed by atoms with E-state index in [0.717, 1.165) is 16.7 Å². The number of hydrogen-bond acceptors (Lipinski definition) is 10. The van der Waals surface area contributed by atoms with Crippen molar-refractivity contribution in [1.29, 1.82) is 0 Å². The molecule has 2 aromatic heterocycles. The van der Waals surface area contributed by atoms with Crippen LogP contribution in [0.1, 0.15) is 53.8 Å². The number of fused-ring (bicyclic) bond motifs is 2. The fourth-order valence-electron chi connectivity index (χ4n) is 7.39. The van der Waals surface area contributed by atoms with Crippen LogP contribution >= 0.6 is 0 Å². The molecular formula is C49H44N6O12. The fourth-order valence-corrected chi connectivity index (χ4v) is 7.39. The van der Waals surface area contributed by atoms with Crippen LogP contribution in [0.3, 0.4) is 0 Å². The molecule has 0 spiro atoms. The quantitative estimate of drug-likeness (QED) is 0.0860. The molecule has 7 rings (SSSR count). The highest BCUT2D eigenvalue weighted by Gasteiger charge is 2.27. The molecule has 0 aliphatic carbocycles. The number of aromatic nitrogens is 2. The van der Waals surface area contributed by atoms with Crippen molar-refractivity contribution in [3.05, 3.63) is 181 Å². The molecule has 18 heteroatoms. The molecule has 0 atom stereocenters. The molecule has 0 bridgehead atoms. The zero-order chi connectivity index (χ0) is 48.5. The van der Waals surface area contributed by atoms with Crippen molar-refractivity contribution < 1.29 is 49.2 Å². The number of carboxylic acid groups (broad SMARTS) is 2. The Morgan fingerprint density at radius 2 is 1.03 bits per heavy atom. The number of amides is 4. The van der Waals surface area contributed by atoms with Gasteiger partial charge in [0.25, 0.3) is 28.8 Å². The standard InChI is InChI=1S/C28H25N3O6.C21H19N3O6/c1-30-21-14-13-19(15-20(21)25(34)23(28(30)37)26(35)29-16-22(32)33)27(36)31(2)24(17-9-5-3-6-10-17)18-11-7-4-8-12-18;1-24-15-8-7-13(23-16(25)9-12-5-3-2-4-6-12)10-14(15)19(28)18(21(24)30)20(29)22-11-17(26)27/h3-15,24,34H,16H2,1-2H3,(H,29,35)(H,32,33);2-8,10,28H,9,11H2,1H3,(H,22,29)(H,23,25)(H,26,27). The summed E-state index contributed by atoms with van der Waals surface area (Å²) >= 11 is 0. The fraction of sp³-hybridized carbons (Fsp3) is 0.143. The van der Waals surface area contributed by atoms with Gasteiger partial charge in [0.05, 0.1) is 23.5 Å². The molecule has 18 nitrogen and oxygen atoms in total. The van der Waals surface area contributed by atoms with Gasteiger partial charge in [-0.1, -0.05) is 91.0 Å². The van der Waals surface area contributed by atoms with Crippen molar-refractivity contribution in [2.45, 2.75) is 12.5 Å². The summed E-state index contributed by atoms with van der Waals surface area (Å²) in [6.45, 7) is -1.42. The maximum atomic E-state index is 13.7. The lowest BCUT2D eigenvalue weighted by Crippen LogP contribution is -2.35. The second kappa shape index (κ2) is 20.6. The first-order chi connectivity index (χ1) is 32.0. The zero-order valence-corrected chi connectivity index (χ0v) is 36.2. The van der Waals surface area contributed by atoms with Gasteiger partial charge in [-0.15, -0.1) is 0 Å². The van der Waals surface area contributed by atoms with E-state index in [9.17, 15) is 48.6 Å². The average Bonchev–Trinajstić information content (AvgIpc) is 3.32. The normalized spacial score (nSPS) is 10.7. The van der Waals surface area contributed by atoms with Crippen molar-refractivity contribution in [3.8, 4) is 11.5 Å². The maximum Gasteiger partial charge on any atom is 0.322 e. The van der Waals surface area contributed by atoms with Crippen LogP contribution < -0.4 is 27.1 Å². The molecule has 0 aliphatic heterocycles. The minimum Gasteiger partial charge on any atom is -0.506 e. The van der Waals surface area contributed by atoms with Crippen LogP contribution in [0.4, 0.5) is 5.69 Å². The Morgan fingerprint density at radius 3 is 1.49 bits per heavy atom. The molecule has 0 fully saturated rings. The third-order valence-electron chi connectivity index (χ3n) is 10.7. The highest BCUT2D eigenvalue weighted by molar-refractivity contribution is 6.06. The lowest BCUT2D eigenvalue weighted by atomic mass is 9.96. The van der Waals surface area contributed by atoms with Crippen molar-refractivity contribution in [1.82, 2.24) is 24.7 Å². The third-order valence-corrected chi connectivity index (χ3v) is 10.7. The molecule has 7 aromatic rings. The van der Waals surface area contributed by atoms with E-state index in [2.05, 4.69) is 16.0 Å². The van der Waals surface area contributed by atoms with Gasteiger partial charge in [-0.3, -0.25) is 38.4 Å². The van der Waals surface area contributed by atoms with Crippen LogP contribution in [0.25, 0.3) is 21.8 Å². The Balaban J connectivity index is 0.000000226. The van der Waals surface area contributed by atoms with E-state index in [4.69, 9.17) is 10.2 Å². The predicted octanol–water partition coefficient (Wildman–Crippen LogP) is 4.16. The van der Waals surface area contributed by atoms with Gasteiger partial charge in [0.1, 0.15) is 35.7 Å². The van der Waals surface area contributed by atoms with Crippen LogP contribution in [0.15, 0.2) is 137 Å². The van der Waals surface area contributed by atoms with Gasteiger partial charge in [-0.2, -0.15) is 0 Å². The first-order valence-electron chi connectivity index (χ1n) is 20.4. The minimum absolute atomic E-state index is 0.109. The van der Waals surface area contributed by atoms with Crippen LogP contribution in [0.5, 0.6) is 11.5 Å². The van der Waals surface area contributed by atoms with Gasteiger partial charge in [0, 0.05) is 43.2 Å². The van der Waals surface area contributed by atoms with Crippen LogP contribution in [0, 0.1) is 0 Å². The summed E-state index contributed by atoms with van der Waals surface area (Å²) in [5.74, 6) is -6.44. The number of carbonyl (C=O) groups is 6. The van der Waals surface area contributed by atoms with E-state index in [0.29, 0.717) is 16.7 Å². The van der Waals surface area contributed by atoms with Crippen LogP contribution in [-0.4, -0.2) is 90.2 Å². The molecule has 0 saturated carbocycles. The minimum atomic E-state index is -1.30. The van der Waals surface area contributed by atoms with Crippen molar-refractivity contribution in [2.75, 3.05) is 25.5 Å². The Kier molecular flexibility index (Phi) is 14.6.